The molecule has 2 heterocycles. The third kappa shape index (κ3) is 4.62. The summed E-state index contributed by atoms with van der Waals surface area (Å²) in [5.74, 6) is 3.54. The molecule has 0 bridgehead atoms. The van der Waals surface area contributed by atoms with Gasteiger partial charge in [0.2, 0.25) is 0 Å². The first-order chi connectivity index (χ1) is 15.2. The number of anilines is 2. The summed E-state index contributed by atoms with van der Waals surface area (Å²) in [5, 5.41) is 4.38. The average Bonchev–Trinajstić information content (AvgIpc) is 3.61. The lowest BCUT2D eigenvalue weighted by Gasteiger charge is -2.25. The fraction of sp³-hybridized carbons (Fsp3) is 0.360. The van der Waals surface area contributed by atoms with Gasteiger partial charge in [0, 0.05) is 47.5 Å². The summed E-state index contributed by atoms with van der Waals surface area (Å²) in [6.07, 6.45) is 7.60. The molecular weight excluding hydrogens is 408 g/mol. The van der Waals surface area contributed by atoms with Crippen LogP contribution in [0, 0.1) is 0 Å². The van der Waals surface area contributed by atoms with Crippen LogP contribution in [0.3, 0.4) is 0 Å². The second kappa shape index (κ2) is 8.75. The summed E-state index contributed by atoms with van der Waals surface area (Å²) in [5.41, 5.74) is 2.22. The normalized spacial score (nSPS) is 18.3. The van der Waals surface area contributed by atoms with Crippen molar-refractivity contribution < 1.29 is 4.74 Å². The largest absolute Gasteiger partial charge is 0.457 e. The van der Waals surface area contributed by atoms with Gasteiger partial charge < -0.3 is 15.0 Å². The first-order valence-electron chi connectivity index (χ1n) is 11.1. The van der Waals surface area contributed by atoms with Gasteiger partial charge in [-0.2, -0.15) is 0 Å². The van der Waals surface area contributed by atoms with E-state index < -0.39 is 0 Å². The van der Waals surface area contributed by atoms with E-state index in [-0.39, 0.29) is 6.04 Å². The van der Waals surface area contributed by atoms with Crippen LogP contribution in [0.1, 0.15) is 50.0 Å². The highest BCUT2D eigenvalue weighted by atomic mass is 35.5. The van der Waals surface area contributed by atoms with E-state index in [0.717, 1.165) is 54.6 Å². The van der Waals surface area contributed by atoms with Gasteiger partial charge >= 0.3 is 0 Å². The molecule has 0 saturated heterocycles. The lowest BCUT2D eigenvalue weighted by atomic mass is 10.0. The SMILES string of the molecule is CCc1ncc2c(n1)N(C1CC1)CCCC2Nc1cccc(Oc2cccc(Cl)c2)c1. The topological polar surface area (TPSA) is 50.3 Å². The van der Waals surface area contributed by atoms with Gasteiger partial charge in [-0.1, -0.05) is 30.7 Å². The molecule has 1 saturated carbocycles. The molecule has 1 atom stereocenters. The summed E-state index contributed by atoms with van der Waals surface area (Å²) in [6, 6.07) is 16.3. The van der Waals surface area contributed by atoms with E-state index in [0.29, 0.717) is 11.1 Å². The van der Waals surface area contributed by atoms with E-state index >= 15 is 0 Å². The zero-order chi connectivity index (χ0) is 21.2. The fourth-order valence-corrected chi connectivity index (χ4v) is 4.38. The predicted molar refractivity (Wildman–Crippen MR) is 125 cm³/mol. The Labute approximate surface area is 188 Å². The Hall–Kier alpha value is -2.79. The van der Waals surface area contributed by atoms with E-state index in [9.17, 15) is 0 Å². The summed E-state index contributed by atoms with van der Waals surface area (Å²) in [6.45, 7) is 3.18. The van der Waals surface area contributed by atoms with E-state index in [4.69, 9.17) is 21.3 Å². The molecule has 5 rings (SSSR count). The molecule has 0 amide bonds. The van der Waals surface area contributed by atoms with Gasteiger partial charge in [0.1, 0.15) is 23.1 Å². The van der Waals surface area contributed by atoms with Crippen LogP contribution in [-0.4, -0.2) is 22.6 Å². The molecule has 2 aliphatic rings. The second-order valence-electron chi connectivity index (χ2n) is 8.27. The zero-order valence-electron chi connectivity index (χ0n) is 17.7. The molecular formula is C25H27ClN4O. The summed E-state index contributed by atoms with van der Waals surface area (Å²) in [4.78, 5) is 12.1. The molecule has 1 fully saturated rings. The number of aryl methyl sites for hydroxylation is 1. The maximum absolute atomic E-state index is 6.09. The Balaban J connectivity index is 1.40. The number of hydrogen-bond donors (Lipinski definition) is 1. The maximum atomic E-state index is 6.09. The lowest BCUT2D eigenvalue weighted by Crippen LogP contribution is -2.28. The van der Waals surface area contributed by atoms with Crippen molar-refractivity contribution in [1.29, 1.82) is 0 Å². The van der Waals surface area contributed by atoms with Crippen molar-refractivity contribution in [2.24, 2.45) is 0 Å². The van der Waals surface area contributed by atoms with Crippen LogP contribution in [0.25, 0.3) is 0 Å². The number of benzene rings is 2. The molecule has 1 aliphatic heterocycles. The van der Waals surface area contributed by atoms with E-state index in [1.165, 1.54) is 18.4 Å². The number of ether oxygens (including phenoxy) is 1. The number of aromatic nitrogens is 2. The summed E-state index contributed by atoms with van der Waals surface area (Å²) < 4.78 is 6.01. The Morgan fingerprint density at radius 2 is 1.90 bits per heavy atom. The standard InChI is InChI=1S/C25H27ClN4O/c1-2-24-27-16-22-23(10-5-13-30(19-11-12-19)25(22)29-24)28-18-7-4-9-21(15-18)31-20-8-3-6-17(26)14-20/h3-4,6-9,14-16,19,23,28H,2,5,10-13H2,1H3. The van der Waals surface area contributed by atoms with Crippen LogP contribution in [-0.2, 0) is 6.42 Å². The Morgan fingerprint density at radius 3 is 2.68 bits per heavy atom. The maximum Gasteiger partial charge on any atom is 0.137 e. The molecule has 31 heavy (non-hydrogen) atoms. The van der Waals surface area contributed by atoms with Crippen LogP contribution in [0.5, 0.6) is 11.5 Å². The molecule has 1 aliphatic carbocycles. The third-order valence-electron chi connectivity index (χ3n) is 5.90. The Kier molecular flexibility index (Phi) is 5.68. The van der Waals surface area contributed by atoms with Gasteiger partial charge in [0.25, 0.3) is 0 Å². The Bertz CT molecular complexity index is 1070. The molecule has 160 valence electrons. The third-order valence-corrected chi connectivity index (χ3v) is 6.13. The van der Waals surface area contributed by atoms with Crippen LogP contribution < -0.4 is 15.0 Å². The fourth-order valence-electron chi connectivity index (χ4n) is 4.20. The predicted octanol–water partition coefficient (Wildman–Crippen LogP) is 6.40. The highest BCUT2D eigenvalue weighted by Crippen LogP contribution is 2.39. The highest BCUT2D eigenvalue weighted by molar-refractivity contribution is 6.30. The average molecular weight is 435 g/mol. The summed E-state index contributed by atoms with van der Waals surface area (Å²) >= 11 is 6.09. The van der Waals surface area contributed by atoms with Crippen molar-refractivity contribution in [1.82, 2.24) is 9.97 Å². The minimum Gasteiger partial charge on any atom is -0.457 e. The minimum atomic E-state index is 0.172. The quantitative estimate of drug-likeness (QED) is 0.486. The zero-order valence-corrected chi connectivity index (χ0v) is 18.5. The minimum absolute atomic E-state index is 0.172. The molecule has 1 unspecified atom stereocenters. The van der Waals surface area contributed by atoms with Crippen molar-refractivity contribution in [3.63, 3.8) is 0 Å². The molecule has 0 spiro atoms. The number of nitrogens with zero attached hydrogens (tertiary/aromatic N) is 3. The van der Waals surface area contributed by atoms with E-state index in [1.54, 1.807) is 0 Å². The van der Waals surface area contributed by atoms with Crippen LogP contribution >= 0.6 is 11.6 Å². The number of hydrogen-bond acceptors (Lipinski definition) is 5. The first-order valence-corrected chi connectivity index (χ1v) is 11.5. The van der Waals surface area contributed by atoms with Gasteiger partial charge in [-0.25, -0.2) is 9.97 Å². The molecule has 1 N–H and O–H groups in total. The molecule has 2 aromatic carbocycles. The number of halogens is 1. The van der Waals surface area contributed by atoms with Gasteiger partial charge in [-0.15, -0.1) is 0 Å². The van der Waals surface area contributed by atoms with Gasteiger partial charge in [-0.05, 0) is 56.0 Å². The second-order valence-corrected chi connectivity index (χ2v) is 8.71. The highest BCUT2D eigenvalue weighted by Gasteiger charge is 2.34. The molecule has 0 radical (unpaired) electrons. The van der Waals surface area contributed by atoms with Crippen molar-refractivity contribution in [2.75, 3.05) is 16.8 Å². The molecule has 1 aromatic heterocycles. The van der Waals surface area contributed by atoms with Crippen molar-refractivity contribution in [2.45, 2.75) is 51.1 Å². The van der Waals surface area contributed by atoms with Gasteiger partial charge in [-0.3, -0.25) is 0 Å². The smallest absolute Gasteiger partial charge is 0.137 e. The molecule has 5 nitrogen and oxygen atoms in total. The van der Waals surface area contributed by atoms with Crippen LogP contribution in [0.4, 0.5) is 11.5 Å². The van der Waals surface area contributed by atoms with Gasteiger partial charge in [0.15, 0.2) is 0 Å². The first kappa shape index (κ1) is 20.1. The van der Waals surface area contributed by atoms with Crippen molar-refractivity contribution in [3.05, 3.63) is 71.1 Å². The van der Waals surface area contributed by atoms with Crippen LogP contribution in [0.2, 0.25) is 5.02 Å². The lowest BCUT2D eigenvalue weighted by molar-refractivity contribution is 0.483. The number of fused-ring (bicyclic) bond motifs is 1. The van der Waals surface area contributed by atoms with Crippen molar-refractivity contribution >= 4 is 23.1 Å². The van der Waals surface area contributed by atoms with Crippen LogP contribution in [0.15, 0.2) is 54.7 Å². The Morgan fingerprint density at radius 1 is 1.10 bits per heavy atom. The summed E-state index contributed by atoms with van der Waals surface area (Å²) in [7, 11) is 0. The molecule has 3 aromatic rings. The van der Waals surface area contributed by atoms with E-state index in [2.05, 4.69) is 28.2 Å². The van der Waals surface area contributed by atoms with Crippen molar-refractivity contribution in [3.8, 4) is 11.5 Å². The number of rotatable bonds is 6. The number of nitrogens with one attached hydrogen (secondary N) is 1. The van der Waals surface area contributed by atoms with Gasteiger partial charge in [0.05, 0.1) is 6.04 Å². The van der Waals surface area contributed by atoms with E-state index in [1.807, 2.05) is 48.7 Å². The molecule has 6 heteroatoms. The monoisotopic (exact) mass is 434 g/mol.